The third-order valence-corrected chi connectivity index (χ3v) is 24.1. The molecule has 6 fully saturated rings. The fourth-order valence-corrected chi connectivity index (χ4v) is 14.9. The van der Waals surface area contributed by atoms with Gasteiger partial charge in [-0.15, -0.1) is 0 Å². The molecule has 4 heterocycles. The lowest BCUT2D eigenvalue weighted by Crippen LogP contribution is -2.31. The summed E-state index contributed by atoms with van der Waals surface area (Å²) in [6, 6.07) is 0.764. The maximum Gasteiger partial charge on any atom is 0.220 e. The monoisotopic (exact) mass is 1850 g/mol. The summed E-state index contributed by atoms with van der Waals surface area (Å²) >= 11 is 2.10. The molecule has 5 N–H and O–H groups in total. The highest BCUT2D eigenvalue weighted by Crippen LogP contribution is 2.46. The van der Waals surface area contributed by atoms with Crippen LogP contribution in [0, 0.1) is 11.8 Å². The number of allylic oxidation sites excluding steroid dienone is 34. The lowest BCUT2D eigenvalue weighted by atomic mass is 10.1. The number of unbranched alkanes of at least 4 members (excludes halogenated alkanes) is 6. The zero-order valence-electron chi connectivity index (χ0n) is 84.8. The van der Waals surface area contributed by atoms with Crippen molar-refractivity contribution in [1.82, 2.24) is 26.6 Å². The molecular weight excluding hydrogens is 1660 g/mol. The first-order chi connectivity index (χ1) is 64.8. The summed E-state index contributed by atoms with van der Waals surface area (Å²) in [5.74, 6) is 2.73. The van der Waals surface area contributed by atoms with Gasteiger partial charge in [-0.25, -0.2) is 0 Å². The molecule has 13 nitrogen and oxygen atoms in total. The maximum atomic E-state index is 11.7. The van der Waals surface area contributed by atoms with Gasteiger partial charge in [0.15, 0.2) is 0 Å². The number of ether oxygens (including phenoxy) is 3. The summed E-state index contributed by atoms with van der Waals surface area (Å²) in [4.78, 5) is 57.7. The van der Waals surface area contributed by atoms with Crippen molar-refractivity contribution in [1.29, 1.82) is 0 Å². The molecule has 4 aliphatic heterocycles. The Morgan fingerprint density at radius 1 is 0.286 bits per heavy atom. The minimum Gasteiger partial charge on any atom is -0.369 e. The molecular formula is C119H193N5O8S. The lowest BCUT2D eigenvalue weighted by Gasteiger charge is -2.10. The molecule has 2 aliphatic carbocycles. The van der Waals surface area contributed by atoms with E-state index in [0.717, 1.165) is 286 Å². The van der Waals surface area contributed by atoms with E-state index in [1.54, 1.807) is 0 Å². The van der Waals surface area contributed by atoms with Crippen LogP contribution in [0.4, 0.5) is 0 Å². The van der Waals surface area contributed by atoms with Gasteiger partial charge in [0.1, 0.15) is 0 Å². The smallest absolute Gasteiger partial charge is 0.220 e. The molecule has 748 valence electrons. The summed E-state index contributed by atoms with van der Waals surface area (Å²) in [5.41, 5.74) is 0. The zero-order valence-corrected chi connectivity index (χ0v) is 85.6. The normalized spacial score (nSPS) is 20.6. The first-order valence-corrected chi connectivity index (χ1v) is 53.7. The Labute approximate surface area is 819 Å². The molecule has 11 atom stereocenters. The van der Waals surface area contributed by atoms with Gasteiger partial charge >= 0.3 is 0 Å². The Hall–Kier alpha value is -7.62. The van der Waals surface area contributed by atoms with E-state index >= 15 is 0 Å². The number of amides is 5. The van der Waals surface area contributed by atoms with E-state index in [1.807, 2.05) is 6.92 Å². The van der Waals surface area contributed by atoms with Crippen LogP contribution in [0.15, 0.2) is 243 Å². The number of thioether (sulfide) groups is 1. The highest BCUT2D eigenvalue weighted by molar-refractivity contribution is 8.07. The fourth-order valence-electron chi connectivity index (χ4n) is 13.9. The highest BCUT2D eigenvalue weighted by atomic mass is 32.2. The minimum absolute atomic E-state index is 0. The van der Waals surface area contributed by atoms with E-state index in [9.17, 15) is 24.0 Å². The van der Waals surface area contributed by atoms with Crippen molar-refractivity contribution in [2.45, 2.75) is 444 Å². The highest BCUT2D eigenvalue weighted by Gasteiger charge is 2.39. The number of epoxide rings is 3. The van der Waals surface area contributed by atoms with Crippen LogP contribution in [0.2, 0.25) is 0 Å². The quantitative estimate of drug-likeness (QED) is 0.0225. The van der Waals surface area contributed by atoms with Crippen LogP contribution in [-0.4, -0.2) is 108 Å². The van der Waals surface area contributed by atoms with Gasteiger partial charge in [0.2, 0.25) is 29.5 Å². The van der Waals surface area contributed by atoms with E-state index < -0.39 is 0 Å². The van der Waals surface area contributed by atoms with Crippen molar-refractivity contribution in [2.75, 3.05) is 19.6 Å². The molecule has 0 aromatic rings. The largest absolute Gasteiger partial charge is 0.369 e. The summed E-state index contributed by atoms with van der Waals surface area (Å²) in [7, 11) is 0. The van der Waals surface area contributed by atoms with Crippen LogP contribution in [0.5, 0.6) is 0 Å². The van der Waals surface area contributed by atoms with Crippen molar-refractivity contribution in [3.63, 3.8) is 0 Å². The molecule has 0 bridgehead atoms. The van der Waals surface area contributed by atoms with Crippen molar-refractivity contribution >= 4 is 41.3 Å². The van der Waals surface area contributed by atoms with Crippen molar-refractivity contribution in [3.8, 4) is 0 Å². The zero-order chi connectivity index (χ0) is 95.5. The van der Waals surface area contributed by atoms with Crippen molar-refractivity contribution in [2.24, 2.45) is 11.8 Å². The summed E-state index contributed by atoms with van der Waals surface area (Å²) in [6.45, 7) is 23.6. The van der Waals surface area contributed by atoms with Crippen LogP contribution in [0.1, 0.15) is 385 Å². The van der Waals surface area contributed by atoms with E-state index in [2.05, 4.69) is 344 Å². The van der Waals surface area contributed by atoms with Crippen LogP contribution in [-0.2, 0) is 38.2 Å². The van der Waals surface area contributed by atoms with E-state index in [1.165, 1.54) is 32.1 Å². The third-order valence-electron chi connectivity index (χ3n) is 22.7. The average Bonchev–Trinajstić information content (AvgIpc) is 1.73. The SMILES string of the molecule is C.CC/C=C\C/C=C\C/C=C\CC1CC1C/C=C\CCCC(=O)NCCC.CC/C=C\C/C=C\C/C=C\CC1OC1C/C=C\CCCC(=O)NC(C)CC.CC/C=C\C/C=C\C/C=C\CC1OC1C/C=C\CCCC(=O)NC1CC1.CC/C=C\C/C=C\C/C=C\CC1OC1C/C=C\CCCC(=O)NCCCC.CC/C=C\C/C=C\C/C=C\CC1SC1C/C=C\CCCC(=O)NCCC. The third kappa shape index (κ3) is 84.6. The number of hydrogen-bond acceptors (Lipinski definition) is 9. The Morgan fingerprint density at radius 2 is 0.534 bits per heavy atom. The van der Waals surface area contributed by atoms with Crippen LogP contribution < -0.4 is 26.6 Å². The van der Waals surface area contributed by atoms with Crippen LogP contribution in [0.25, 0.3) is 0 Å². The second-order valence-corrected chi connectivity index (χ2v) is 36.9. The number of carbonyl (C=O) groups is 5. The lowest BCUT2D eigenvalue weighted by molar-refractivity contribution is -0.122. The Kier molecular flexibility index (Phi) is 85.4. The topological polar surface area (TPSA) is 183 Å². The van der Waals surface area contributed by atoms with E-state index in [0.29, 0.717) is 74.8 Å². The Bertz CT molecular complexity index is 3420. The first-order valence-electron chi connectivity index (χ1n) is 52.8. The maximum absolute atomic E-state index is 11.7. The number of nitrogens with one attached hydrogen (secondary N) is 5. The molecule has 11 unspecified atom stereocenters. The molecule has 133 heavy (non-hydrogen) atoms. The first kappa shape index (κ1) is 123. The van der Waals surface area contributed by atoms with Crippen LogP contribution in [0.3, 0.4) is 0 Å². The van der Waals surface area contributed by atoms with E-state index in [-0.39, 0.29) is 43.0 Å². The summed E-state index contributed by atoms with van der Waals surface area (Å²) in [6.07, 6.45) is 140. The molecule has 0 aromatic heterocycles. The molecule has 6 rings (SSSR count). The number of rotatable bonds is 75. The summed E-state index contributed by atoms with van der Waals surface area (Å²) in [5, 5.41) is 16.4. The molecule has 6 aliphatic rings. The molecule has 14 heteroatoms. The Balaban J connectivity index is 0.000000830. The molecule has 0 aromatic carbocycles. The molecule has 4 saturated heterocycles. The second-order valence-electron chi connectivity index (χ2n) is 35.4. The van der Waals surface area contributed by atoms with Gasteiger partial charge in [-0.3, -0.25) is 24.0 Å². The second kappa shape index (κ2) is 92.1. The number of hydrogen-bond donors (Lipinski definition) is 5. The molecule has 0 radical (unpaired) electrons. The van der Waals surface area contributed by atoms with Gasteiger partial charge in [0, 0.05) is 74.3 Å². The fraction of sp³-hybridized carbons (Fsp3) is 0.622. The molecule has 0 spiro atoms. The average molecular weight is 1850 g/mol. The van der Waals surface area contributed by atoms with E-state index in [4.69, 9.17) is 14.2 Å². The van der Waals surface area contributed by atoms with Crippen LogP contribution >= 0.6 is 11.8 Å². The predicted molar refractivity (Wildman–Crippen MR) is 579 cm³/mol. The molecule has 5 amide bonds. The van der Waals surface area contributed by atoms with Crippen molar-refractivity contribution in [3.05, 3.63) is 243 Å². The predicted octanol–water partition coefficient (Wildman–Crippen LogP) is 31.0. The van der Waals surface area contributed by atoms with Gasteiger partial charge < -0.3 is 40.8 Å². The van der Waals surface area contributed by atoms with Gasteiger partial charge in [-0.1, -0.05) is 319 Å². The molecule has 2 saturated carbocycles. The standard InChI is InChI=1S/2C24H39NO2.C24H39NO.C23H35NO2.C23H37NOS.CH4/c1-4-6-7-8-9-10-11-12-15-18-22-23(27-22)19-16-13-14-17-20-24(26)25-21(3)5-2;1-3-5-7-8-9-10-11-12-15-18-22-23(27-22)19-16-13-14-17-20-24(26)25-21-6-4-2;1-3-5-6-7-8-9-10-11-14-17-22-21-23(22)18-15-12-13-16-19-24(26)25-20-4-2;1-2-3-4-5-6-7-8-9-12-15-21-22(26-21)16-13-10-11-14-17-23(25)24-20-18-19-20;1-3-5-6-7-8-9-10-11-14-17-21-22(26-21)18-15-12-13-16-19-23(25)24-20-4-2;/h6-7,9-10,12-13,15-16,21-23H,4-5,8,11,14,17-20H2,1-3H3,(H,25,26);5,7,9-10,12-13,15-16,22-23H,3-4,6,8,11,14,17-21H2,1-2H3,(H,25,26);5-6,8-9,11-12,14-15,22-23H,3-4,7,10,13,16-21H2,1-2H3,(H,25,26);3-4,6-7,9-10,12-13,20-22H,2,5,8,11,14-19H2,1H3,(H,24,25);5-6,8-9,11-12,14-15,21-22H,3-4,7,10,13,16-20H2,1-2H3,(H,24,25);1H4/b7-6-,10-9-,15-12-,16-13-;7-5-,10-9-,15-12-,16-13-;6-5-,9-8-,14-11-,15-12-;4-3-,7-6-,12-9-,13-10-;6-5-,9-8-,14-11-,15-12-;. The van der Waals surface area contributed by atoms with Crippen molar-refractivity contribution < 1.29 is 38.2 Å². The van der Waals surface area contributed by atoms with Gasteiger partial charge in [-0.2, -0.15) is 11.8 Å². The van der Waals surface area contributed by atoms with Gasteiger partial charge in [-0.05, 0) is 288 Å². The van der Waals surface area contributed by atoms with Gasteiger partial charge in [0.05, 0.1) is 36.6 Å². The Morgan fingerprint density at radius 3 is 0.820 bits per heavy atom. The minimum atomic E-state index is 0. The number of carbonyl (C=O) groups excluding carboxylic acids is 5. The summed E-state index contributed by atoms with van der Waals surface area (Å²) < 4.78 is 17.1. The van der Waals surface area contributed by atoms with Gasteiger partial charge in [0.25, 0.3) is 0 Å².